The second-order valence-electron chi connectivity index (χ2n) is 6.14. The van der Waals surface area contributed by atoms with Crippen molar-refractivity contribution in [2.75, 3.05) is 36.5 Å². The predicted molar refractivity (Wildman–Crippen MR) is 85.6 cm³/mol. The van der Waals surface area contributed by atoms with Gasteiger partial charge in [-0.25, -0.2) is 4.98 Å². The van der Waals surface area contributed by atoms with Crippen LogP contribution in [0.15, 0.2) is 6.07 Å². The molecular formula is C16H28N4. The van der Waals surface area contributed by atoms with Crippen molar-refractivity contribution < 1.29 is 0 Å². The average Bonchev–Trinajstić information content (AvgIpc) is 2.44. The molecule has 1 aromatic heterocycles. The van der Waals surface area contributed by atoms with Crippen LogP contribution in [0.5, 0.6) is 0 Å². The maximum atomic E-state index is 4.79. The lowest BCUT2D eigenvalue weighted by molar-refractivity contribution is 0.444. The van der Waals surface area contributed by atoms with Crippen molar-refractivity contribution in [3.8, 4) is 0 Å². The Morgan fingerprint density at radius 3 is 2.90 bits per heavy atom. The topological polar surface area (TPSA) is 32.3 Å². The second-order valence-corrected chi connectivity index (χ2v) is 6.14. The van der Waals surface area contributed by atoms with Gasteiger partial charge in [-0.2, -0.15) is 4.98 Å². The third-order valence-electron chi connectivity index (χ3n) is 4.00. The summed E-state index contributed by atoms with van der Waals surface area (Å²) in [7, 11) is 2.09. The summed E-state index contributed by atoms with van der Waals surface area (Å²) in [6.45, 7) is 9.87. The van der Waals surface area contributed by atoms with Crippen molar-refractivity contribution in [3.63, 3.8) is 0 Å². The SMILES string of the molecule is CCCCN(C)c1nc(C)cc(N2CCCC(C)C2)n1. The molecule has 0 aromatic carbocycles. The van der Waals surface area contributed by atoms with Gasteiger partial charge < -0.3 is 9.80 Å². The molecule has 20 heavy (non-hydrogen) atoms. The summed E-state index contributed by atoms with van der Waals surface area (Å²) >= 11 is 0. The number of nitrogens with zero attached hydrogens (tertiary/aromatic N) is 4. The van der Waals surface area contributed by atoms with Crippen LogP contribution >= 0.6 is 0 Å². The molecule has 1 fully saturated rings. The first-order valence-corrected chi connectivity index (χ1v) is 7.92. The van der Waals surface area contributed by atoms with E-state index < -0.39 is 0 Å². The van der Waals surface area contributed by atoms with Gasteiger partial charge in [0.05, 0.1) is 0 Å². The van der Waals surface area contributed by atoms with E-state index in [0.29, 0.717) is 0 Å². The van der Waals surface area contributed by atoms with Gasteiger partial charge in [0.1, 0.15) is 5.82 Å². The third-order valence-corrected chi connectivity index (χ3v) is 4.00. The molecule has 4 nitrogen and oxygen atoms in total. The van der Waals surface area contributed by atoms with Crippen LogP contribution in [-0.4, -0.2) is 36.6 Å². The van der Waals surface area contributed by atoms with Crippen LogP contribution in [0.25, 0.3) is 0 Å². The van der Waals surface area contributed by atoms with E-state index in [-0.39, 0.29) is 0 Å². The highest BCUT2D eigenvalue weighted by Crippen LogP contribution is 2.23. The first-order valence-electron chi connectivity index (χ1n) is 7.92. The van der Waals surface area contributed by atoms with E-state index in [4.69, 9.17) is 4.98 Å². The minimum atomic E-state index is 0.764. The minimum absolute atomic E-state index is 0.764. The highest BCUT2D eigenvalue weighted by molar-refractivity contribution is 5.46. The zero-order chi connectivity index (χ0) is 14.5. The fraction of sp³-hybridized carbons (Fsp3) is 0.750. The molecule has 0 N–H and O–H groups in total. The van der Waals surface area contributed by atoms with E-state index in [2.05, 4.69) is 48.7 Å². The summed E-state index contributed by atoms with van der Waals surface area (Å²) in [6.07, 6.45) is 4.99. The maximum Gasteiger partial charge on any atom is 0.227 e. The molecule has 1 unspecified atom stereocenters. The van der Waals surface area contributed by atoms with Crippen molar-refractivity contribution in [3.05, 3.63) is 11.8 Å². The van der Waals surface area contributed by atoms with Crippen LogP contribution in [0.2, 0.25) is 0 Å². The molecular weight excluding hydrogens is 248 g/mol. The molecule has 0 radical (unpaired) electrons. The summed E-state index contributed by atoms with van der Waals surface area (Å²) in [5, 5.41) is 0. The Bertz CT molecular complexity index is 432. The van der Waals surface area contributed by atoms with Crippen molar-refractivity contribution in [2.24, 2.45) is 5.92 Å². The van der Waals surface area contributed by atoms with Crippen LogP contribution < -0.4 is 9.80 Å². The minimum Gasteiger partial charge on any atom is -0.356 e. The largest absolute Gasteiger partial charge is 0.356 e. The molecule has 1 saturated heterocycles. The third kappa shape index (κ3) is 3.84. The lowest BCUT2D eigenvalue weighted by atomic mass is 10.0. The van der Waals surface area contributed by atoms with Crippen molar-refractivity contribution >= 4 is 11.8 Å². The van der Waals surface area contributed by atoms with Gasteiger partial charge in [-0.3, -0.25) is 0 Å². The lowest BCUT2D eigenvalue weighted by Gasteiger charge is -2.32. The molecule has 1 aliphatic heterocycles. The summed E-state index contributed by atoms with van der Waals surface area (Å²) in [6, 6.07) is 2.12. The number of hydrogen-bond donors (Lipinski definition) is 0. The van der Waals surface area contributed by atoms with E-state index >= 15 is 0 Å². The van der Waals surface area contributed by atoms with Gasteiger partial charge in [0.15, 0.2) is 0 Å². The smallest absolute Gasteiger partial charge is 0.227 e. The Morgan fingerprint density at radius 1 is 1.40 bits per heavy atom. The Labute approximate surface area is 123 Å². The van der Waals surface area contributed by atoms with E-state index in [1.807, 2.05) is 0 Å². The summed E-state index contributed by atoms with van der Waals surface area (Å²) in [5.74, 6) is 2.73. The molecule has 2 heterocycles. The highest BCUT2D eigenvalue weighted by Gasteiger charge is 2.19. The van der Waals surface area contributed by atoms with Gasteiger partial charge in [0, 0.05) is 38.4 Å². The number of aryl methyl sites for hydroxylation is 1. The second kappa shape index (κ2) is 6.91. The first kappa shape index (κ1) is 15.1. The molecule has 112 valence electrons. The lowest BCUT2D eigenvalue weighted by Crippen LogP contribution is -2.35. The number of piperidine rings is 1. The number of unbranched alkanes of at least 4 members (excludes halogenated alkanes) is 1. The van der Waals surface area contributed by atoms with E-state index in [1.165, 1.54) is 25.7 Å². The summed E-state index contributed by atoms with van der Waals surface area (Å²) < 4.78 is 0. The van der Waals surface area contributed by atoms with E-state index in [1.54, 1.807) is 0 Å². The quantitative estimate of drug-likeness (QED) is 0.826. The van der Waals surface area contributed by atoms with Gasteiger partial charge in [0.25, 0.3) is 0 Å². The molecule has 0 saturated carbocycles. The van der Waals surface area contributed by atoms with Gasteiger partial charge in [0.2, 0.25) is 5.95 Å². The number of hydrogen-bond acceptors (Lipinski definition) is 4. The van der Waals surface area contributed by atoms with Crippen molar-refractivity contribution in [1.29, 1.82) is 0 Å². The zero-order valence-electron chi connectivity index (χ0n) is 13.4. The summed E-state index contributed by atoms with van der Waals surface area (Å²) in [4.78, 5) is 14.0. The van der Waals surface area contributed by atoms with Gasteiger partial charge in [-0.1, -0.05) is 20.3 Å². The zero-order valence-corrected chi connectivity index (χ0v) is 13.4. The normalized spacial score (nSPS) is 19.2. The Morgan fingerprint density at radius 2 is 2.20 bits per heavy atom. The maximum absolute atomic E-state index is 4.79. The monoisotopic (exact) mass is 276 g/mol. The molecule has 0 bridgehead atoms. The Hall–Kier alpha value is -1.32. The average molecular weight is 276 g/mol. The molecule has 2 rings (SSSR count). The molecule has 0 amide bonds. The van der Waals surface area contributed by atoms with Crippen molar-refractivity contribution in [2.45, 2.75) is 46.5 Å². The van der Waals surface area contributed by atoms with Crippen LogP contribution in [-0.2, 0) is 0 Å². The Balaban J connectivity index is 2.15. The fourth-order valence-corrected chi connectivity index (χ4v) is 2.76. The number of rotatable bonds is 5. The van der Waals surface area contributed by atoms with E-state index in [0.717, 1.165) is 43.0 Å². The number of anilines is 2. The first-order chi connectivity index (χ1) is 9.60. The van der Waals surface area contributed by atoms with Gasteiger partial charge in [-0.05, 0) is 32.1 Å². The number of aromatic nitrogens is 2. The van der Waals surface area contributed by atoms with Gasteiger partial charge in [-0.15, -0.1) is 0 Å². The standard InChI is InChI=1S/C16H28N4/c1-5-6-9-19(4)16-17-14(3)11-15(18-16)20-10-7-8-13(2)12-20/h11,13H,5-10,12H2,1-4H3. The van der Waals surface area contributed by atoms with Gasteiger partial charge >= 0.3 is 0 Å². The van der Waals surface area contributed by atoms with Crippen LogP contribution in [0, 0.1) is 12.8 Å². The molecule has 1 aliphatic rings. The van der Waals surface area contributed by atoms with Crippen LogP contribution in [0.3, 0.4) is 0 Å². The van der Waals surface area contributed by atoms with Crippen LogP contribution in [0.4, 0.5) is 11.8 Å². The molecule has 0 spiro atoms. The van der Waals surface area contributed by atoms with Crippen molar-refractivity contribution in [1.82, 2.24) is 9.97 Å². The summed E-state index contributed by atoms with van der Waals surface area (Å²) in [5.41, 5.74) is 1.06. The molecule has 1 atom stereocenters. The van der Waals surface area contributed by atoms with Crippen LogP contribution in [0.1, 0.15) is 45.2 Å². The highest BCUT2D eigenvalue weighted by atomic mass is 15.3. The fourth-order valence-electron chi connectivity index (χ4n) is 2.76. The molecule has 4 heteroatoms. The predicted octanol–water partition coefficient (Wildman–Crippen LogP) is 3.26. The molecule has 0 aliphatic carbocycles. The van der Waals surface area contributed by atoms with E-state index in [9.17, 15) is 0 Å². The Kier molecular flexibility index (Phi) is 5.21. The molecule has 1 aromatic rings.